The number of rotatable bonds is 2. The molecule has 0 aliphatic heterocycles. The van der Waals surface area contributed by atoms with Crippen molar-refractivity contribution in [2.75, 3.05) is 6.61 Å². The van der Waals surface area contributed by atoms with Gasteiger partial charge in [0.25, 0.3) is 0 Å². The number of nitrogens with zero attached hydrogens (tertiary/aromatic N) is 3. The lowest BCUT2D eigenvalue weighted by molar-refractivity contribution is 0.325. The first-order chi connectivity index (χ1) is 5.36. The third kappa shape index (κ3) is 1.90. The van der Waals surface area contributed by atoms with Gasteiger partial charge in [-0.1, -0.05) is 0 Å². The topological polar surface area (TPSA) is 58.8 Å². The van der Waals surface area contributed by atoms with Crippen molar-refractivity contribution in [1.82, 2.24) is 9.97 Å². The van der Waals surface area contributed by atoms with Gasteiger partial charge in [0, 0.05) is 0 Å². The number of hydrogen-bond acceptors (Lipinski definition) is 4. The first-order valence-corrected chi connectivity index (χ1v) is 3.21. The lowest BCUT2D eigenvalue weighted by atomic mass is 10.5. The fourth-order valence-corrected chi connectivity index (χ4v) is 0.596. The molecule has 0 saturated carbocycles. The molecule has 0 saturated heterocycles. The number of hydrogen-bond donors (Lipinski definition) is 0. The minimum absolute atomic E-state index is 0.299. The third-order valence-corrected chi connectivity index (χ3v) is 1.03. The van der Waals surface area contributed by atoms with Crippen LogP contribution in [0.1, 0.15) is 12.6 Å². The Morgan fingerprint density at radius 1 is 1.55 bits per heavy atom. The Hall–Kier alpha value is -1.63. The van der Waals surface area contributed by atoms with E-state index in [0.717, 1.165) is 0 Å². The highest BCUT2D eigenvalue weighted by Crippen LogP contribution is 2.02. The van der Waals surface area contributed by atoms with Crippen LogP contribution >= 0.6 is 0 Å². The summed E-state index contributed by atoms with van der Waals surface area (Å²) in [5.74, 6) is 0.450. The lowest BCUT2D eigenvalue weighted by Gasteiger charge is -1.98. The van der Waals surface area contributed by atoms with Gasteiger partial charge in [0.15, 0.2) is 5.69 Å². The maximum absolute atomic E-state index is 8.37. The van der Waals surface area contributed by atoms with Crippen LogP contribution in [-0.2, 0) is 0 Å². The molecular formula is C7H7N3O. The summed E-state index contributed by atoms with van der Waals surface area (Å²) in [7, 11) is 0. The minimum atomic E-state index is 0.299. The van der Waals surface area contributed by atoms with Crippen molar-refractivity contribution in [2.24, 2.45) is 0 Å². The Morgan fingerprint density at radius 2 is 2.36 bits per heavy atom. The second-order valence-corrected chi connectivity index (χ2v) is 1.78. The van der Waals surface area contributed by atoms with Gasteiger partial charge in [0.2, 0.25) is 5.88 Å². The summed E-state index contributed by atoms with van der Waals surface area (Å²) in [5, 5.41) is 8.37. The van der Waals surface area contributed by atoms with E-state index in [9.17, 15) is 0 Å². The standard InChI is InChI=1S/C7H7N3O/c1-2-11-7-5-9-6(3-8)4-10-7/h4-5H,2H2,1H3. The summed E-state index contributed by atoms with van der Waals surface area (Å²) in [4.78, 5) is 7.60. The summed E-state index contributed by atoms with van der Waals surface area (Å²) < 4.78 is 5.02. The summed E-state index contributed by atoms with van der Waals surface area (Å²) >= 11 is 0. The maximum Gasteiger partial charge on any atom is 0.232 e. The van der Waals surface area contributed by atoms with E-state index in [2.05, 4.69) is 9.97 Å². The number of ether oxygens (including phenoxy) is 1. The molecule has 0 radical (unpaired) electrons. The predicted octanol–water partition coefficient (Wildman–Crippen LogP) is 0.747. The zero-order valence-electron chi connectivity index (χ0n) is 6.11. The van der Waals surface area contributed by atoms with E-state index >= 15 is 0 Å². The molecule has 4 nitrogen and oxygen atoms in total. The molecule has 56 valence electrons. The van der Waals surface area contributed by atoms with Crippen LogP contribution < -0.4 is 4.74 Å². The van der Waals surface area contributed by atoms with Crippen molar-refractivity contribution in [3.05, 3.63) is 18.1 Å². The Balaban J connectivity index is 2.76. The quantitative estimate of drug-likeness (QED) is 0.622. The average molecular weight is 149 g/mol. The minimum Gasteiger partial charge on any atom is -0.477 e. The van der Waals surface area contributed by atoms with Crippen LogP contribution in [0.5, 0.6) is 5.88 Å². The highest BCUT2D eigenvalue weighted by atomic mass is 16.5. The van der Waals surface area contributed by atoms with Gasteiger partial charge in [-0.05, 0) is 6.92 Å². The Labute approximate surface area is 64.5 Å². The van der Waals surface area contributed by atoms with Crippen molar-refractivity contribution >= 4 is 0 Å². The normalized spacial score (nSPS) is 8.73. The number of aromatic nitrogens is 2. The summed E-state index contributed by atoms with van der Waals surface area (Å²) in [6.07, 6.45) is 2.81. The second-order valence-electron chi connectivity index (χ2n) is 1.78. The van der Waals surface area contributed by atoms with Crippen molar-refractivity contribution in [2.45, 2.75) is 6.92 Å². The zero-order valence-corrected chi connectivity index (χ0v) is 6.11. The molecule has 0 N–H and O–H groups in total. The van der Waals surface area contributed by atoms with Crippen LogP contribution in [0.15, 0.2) is 12.4 Å². The van der Waals surface area contributed by atoms with Gasteiger partial charge in [-0.25, -0.2) is 9.97 Å². The molecule has 4 heteroatoms. The first-order valence-electron chi connectivity index (χ1n) is 3.21. The molecule has 0 aliphatic rings. The van der Waals surface area contributed by atoms with Crippen molar-refractivity contribution in [1.29, 1.82) is 5.26 Å². The van der Waals surface area contributed by atoms with E-state index in [4.69, 9.17) is 10.00 Å². The van der Waals surface area contributed by atoms with Crippen LogP contribution in [0.3, 0.4) is 0 Å². The molecule has 0 unspecified atom stereocenters. The fourth-order valence-electron chi connectivity index (χ4n) is 0.596. The van der Waals surface area contributed by atoms with E-state index in [0.29, 0.717) is 18.2 Å². The van der Waals surface area contributed by atoms with Crippen LogP contribution in [0.2, 0.25) is 0 Å². The number of nitriles is 1. The molecule has 0 spiro atoms. The van der Waals surface area contributed by atoms with Gasteiger partial charge in [0.05, 0.1) is 19.0 Å². The summed E-state index contributed by atoms with van der Waals surface area (Å²) in [5.41, 5.74) is 0.299. The molecule has 0 aromatic carbocycles. The Kier molecular flexibility index (Phi) is 2.39. The Morgan fingerprint density at radius 3 is 2.82 bits per heavy atom. The second kappa shape index (κ2) is 3.52. The van der Waals surface area contributed by atoms with Gasteiger partial charge in [-0.15, -0.1) is 0 Å². The molecule has 0 bridgehead atoms. The van der Waals surface area contributed by atoms with Gasteiger partial charge < -0.3 is 4.74 Å². The monoisotopic (exact) mass is 149 g/mol. The van der Waals surface area contributed by atoms with Crippen molar-refractivity contribution < 1.29 is 4.74 Å². The molecule has 0 aliphatic carbocycles. The molecule has 1 rings (SSSR count). The molecule has 1 aromatic rings. The fraction of sp³-hybridized carbons (Fsp3) is 0.286. The first kappa shape index (κ1) is 7.48. The molecule has 0 atom stereocenters. The van der Waals surface area contributed by atoms with Crippen LogP contribution in [0.25, 0.3) is 0 Å². The van der Waals surface area contributed by atoms with Crippen LogP contribution in [0.4, 0.5) is 0 Å². The lowest BCUT2D eigenvalue weighted by Crippen LogP contribution is -1.95. The van der Waals surface area contributed by atoms with Gasteiger partial charge in [0.1, 0.15) is 6.07 Å². The molecule has 1 heterocycles. The van der Waals surface area contributed by atoms with Gasteiger partial charge in [-0.2, -0.15) is 5.26 Å². The smallest absolute Gasteiger partial charge is 0.232 e. The maximum atomic E-state index is 8.37. The highest BCUT2D eigenvalue weighted by molar-refractivity contribution is 5.18. The van der Waals surface area contributed by atoms with Gasteiger partial charge in [-0.3, -0.25) is 0 Å². The van der Waals surface area contributed by atoms with E-state index in [1.165, 1.54) is 12.4 Å². The Bertz CT molecular complexity index is 262. The van der Waals surface area contributed by atoms with Crippen molar-refractivity contribution in [3.63, 3.8) is 0 Å². The molecule has 0 amide bonds. The summed E-state index contributed by atoms with van der Waals surface area (Å²) in [6.45, 7) is 2.42. The highest BCUT2D eigenvalue weighted by Gasteiger charge is 1.94. The van der Waals surface area contributed by atoms with Crippen LogP contribution in [-0.4, -0.2) is 16.6 Å². The van der Waals surface area contributed by atoms with Gasteiger partial charge >= 0.3 is 0 Å². The molecule has 1 aromatic heterocycles. The van der Waals surface area contributed by atoms with Crippen LogP contribution in [0, 0.1) is 11.3 Å². The molecule has 11 heavy (non-hydrogen) atoms. The average Bonchev–Trinajstić information content (AvgIpc) is 2.07. The van der Waals surface area contributed by atoms with E-state index < -0.39 is 0 Å². The van der Waals surface area contributed by atoms with E-state index in [-0.39, 0.29) is 0 Å². The van der Waals surface area contributed by atoms with E-state index in [1.807, 2.05) is 13.0 Å². The third-order valence-electron chi connectivity index (χ3n) is 1.03. The molecule has 0 fully saturated rings. The zero-order chi connectivity index (χ0) is 8.10. The predicted molar refractivity (Wildman–Crippen MR) is 37.9 cm³/mol. The van der Waals surface area contributed by atoms with E-state index in [1.54, 1.807) is 0 Å². The SMILES string of the molecule is CCOc1cnc(C#N)cn1. The largest absolute Gasteiger partial charge is 0.477 e. The van der Waals surface area contributed by atoms with Crippen molar-refractivity contribution in [3.8, 4) is 11.9 Å². The summed E-state index contributed by atoms with van der Waals surface area (Å²) in [6, 6.07) is 1.87. The molecular weight excluding hydrogens is 142 g/mol.